The molecule has 0 aromatic heterocycles. The second-order valence-electron chi connectivity index (χ2n) is 5.20. The molecule has 0 bridgehead atoms. The lowest BCUT2D eigenvalue weighted by atomic mass is 10.2. The van der Waals surface area contributed by atoms with Crippen molar-refractivity contribution in [2.75, 3.05) is 19.8 Å². The molecule has 0 saturated carbocycles. The molecule has 0 aromatic rings. The predicted molar refractivity (Wildman–Crippen MR) is 78.9 cm³/mol. The van der Waals surface area contributed by atoms with E-state index in [9.17, 15) is 0 Å². The predicted octanol–water partition coefficient (Wildman–Crippen LogP) is 4.51. The van der Waals surface area contributed by atoms with Gasteiger partial charge in [0.1, 0.15) is 0 Å². The Bertz CT molecular complexity index is 246. The topological polar surface area (TPSA) is 18.5 Å². The van der Waals surface area contributed by atoms with Crippen LogP contribution in [0.3, 0.4) is 0 Å². The zero-order valence-corrected chi connectivity index (χ0v) is 12.8. The SMILES string of the molecule is CCCCC(COCC=C(C)C)OCC=C(C)C. The van der Waals surface area contributed by atoms with Crippen LogP contribution in [0.5, 0.6) is 0 Å². The molecule has 18 heavy (non-hydrogen) atoms. The lowest BCUT2D eigenvalue weighted by Gasteiger charge is -2.16. The molecule has 0 fully saturated rings. The van der Waals surface area contributed by atoms with E-state index in [1.54, 1.807) is 0 Å². The van der Waals surface area contributed by atoms with Gasteiger partial charge in [0.2, 0.25) is 0 Å². The van der Waals surface area contributed by atoms with Gasteiger partial charge in [0.15, 0.2) is 0 Å². The van der Waals surface area contributed by atoms with E-state index in [1.807, 2.05) is 0 Å². The van der Waals surface area contributed by atoms with Gasteiger partial charge in [-0.15, -0.1) is 0 Å². The van der Waals surface area contributed by atoms with E-state index in [-0.39, 0.29) is 6.10 Å². The van der Waals surface area contributed by atoms with Crippen LogP contribution < -0.4 is 0 Å². The fourth-order valence-electron chi connectivity index (χ4n) is 1.42. The van der Waals surface area contributed by atoms with Crippen molar-refractivity contribution in [3.8, 4) is 0 Å². The van der Waals surface area contributed by atoms with Gasteiger partial charge >= 0.3 is 0 Å². The van der Waals surface area contributed by atoms with Crippen LogP contribution in [0.1, 0.15) is 53.9 Å². The van der Waals surface area contributed by atoms with E-state index in [1.165, 1.54) is 24.0 Å². The molecule has 0 rings (SSSR count). The van der Waals surface area contributed by atoms with Gasteiger partial charge in [0, 0.05) is 0 Å². The summed E-state index contributed by atoms with van der Waals surface area (Å²) in [5, 5.41) is 0. The molecule has 0 N–H and O–H groups in total. The van der Waals surface area contributed by atoms with Gasteiger partial charge in [0.05, 0.1) is 25.9 Å². The summed E-state index contributed by atoms with van der Waals surface area (Å²) in [4.78, 5) is 0. The summed E-state index contributed by atoms with van der Waals surface area (Å²) in [5.74, 6) is 0. The highest BCUT2D eigenvalue weighted by molar-refractivity contribution is 4.93. The monoisotopic (exact) mass is 254 g/mol. The summed E-state index contributed by atoms with van der Waals surface area (Å²) in [7, 11) is 0. The molecule has 0 heterocycles. The van der Waals surface area contributed by atoms with Crippen molar-refractivity contribution in [2.45, 2.75) is 60.0 Å². The third-order valence-electron chi connectivity index (χ3n) is 2.62. The van der Waals surface area contributed by atoms with E-state index in [0.29, 0.717) is 19.8 Å². The van der Waals surface area contributed by atoms with Gasteiger partial charge in [-0.1, -0.05) is 43.1 Å². The average molecular weight is 254 g/mol. The molecule has 0 aliphatic rings. The van der Waals surface area contributed by atoms with Gasteiger partial charge in [-0.2, -0.15) is 0 Å². The van der Waals surface area contributed by atoms with Crippen LogP contribution in [-0.4, -0.2) is 25.9 Å². The Balaban J connectivity index is 3.90. The number of hydrogen-bond acceptors (Lipinski definition) is 2. The van der Waals surface area contributed by atoms with Gasteiger partial charge < -0.3 is 9.47 Å². The maximum absolute atomic E-state index is 5.84. The standard InChI is InChI=1S/C16H30O2/c1-6-7-8-16(18-12-10-15(4)5)13-17-11-9-14(2)3/h9-10,16H,6-8,11-13H2,1-5H3. The van der Waals surface area contributed by atoms with E-state index in [2.05, 4.69) is 46.8 Å². The molecular formula is C16H30O2. The van der Waals surface area contributed by atoms with Crippen molar-refractivity contribution in [3.63, 3.8) is 0 Å². The van der Waals surface area contributed by atoms with E-state index < -0.39 is 0 Å². The summed E-state index contributed by atoms with van der Waals surface area (Å²) in [6.45, 7) is 12.6. The third kappa shape index (κ3) is 11.9. The van der Waals surface area contributed by atoms with Gasteiger partial charge in [-0.3, -0.25) is 0 Å². The van der Waals surface area contributed by atoms with Gasteiger partial charge in [0.25, 0.3) is 0 Å². The zero-order valence-electron chi connectivity index (χ0n) is 12.8. The zero-order chi connectivity index (χ0) is 13.8. The molecule has 1 atom stereocenters. The molecule has 1 unspecified atom stereocenters. The Morgan fingerprint density at radius 3 is 2.17 bits per heavy atom. The quantitative estimate of drug-likeness (QED) is 0.422. The van der Waals surface area contributed by atoms with Crippen molar-refractivity contribution in [2.24, 2.45) is 0 Å². The first-order chi connectivity index (χ1) is 8.56. The van der Waals surface area contributed by atoms with Crippen molar-refractivity contribution in [1.29, 1.82) is 0 Å². The number of allylic oxidation sites excluding steroid dienone is 2. The van der Waals surface area contributed by atoms with Crippen LogP contribution in [0.25, 0.3) is 0 Å². The Labute approximate surface area is 113 Å². The smallest absolute Gasteiger partial charge is 0.0812 e. The fraction of sp³-hybridized carbons (Fsp3) is 0.750. The summed E-state index contributed by atoms with van der Waals surface area (Å²) in [5.41, 5.74) is 2.60. The second kappa shape index (κ2) is 11.5. The summed E-state index contributed by atoms with van der Waals surface area (Å²) in [6.07, 6.45) is 7.94. The van der Waals surface area contributed by atoms with E-state index in [0.717, 1.165) is 6.42 Å². The molecule has 0 amide bonds. The third-order valence-corrected chi connectivity index (χ3v) is 2.62. The molecule has 2 heteroatoms. The van der Waals surface area contributed by atoms with Crippen molar-refractivity contribution in [1.82, 2.24) is 0 Å². The first kappa shape index (κ1) is 17.4. The fourth-order valence-corrected chi connectivity index (χ4v) is 1.42. The van der Waals surface area contributed by atoms with Crippen molar-refractivity contribution < 1.29 is 9.47 Å². The minimum absolute atomic E-state index is 0.228. The molecule has 0 radical (unpaired) electrons. The Morgan fingerprint density at radius 2 is 1.61 bits per heavy atom. The minimum Gasteiger partial charge on any atom is -0.375 e. The van der Waals surface area contributed by atoms with Crippen LogP contribution in [0.2, 0.25) is 0 Å². The van der Waals surface area contributed by atoms with Gasteiger partial charge in [-0.05, 0) is 34.1 Å². The first-order valence-corrected chi connectivity index (χ1v) is 7.02. The number of unbranched alkanes of at least 4 members (excludes halogenated alkanes) is 1. The van der Waals surface area contributed by atoms with Crippen molar-refractivity contribution >= 4 is 0 Å². The van der Waals surface area contributed by atoms with E-state index >= 15 is 0 Å². The molecule has 2 nitrogen and oxygen atoms in total. The first-order valence-electron chi connectivity index (χ1n) is 7.02. The normalized spacial score (nSPS) is 12.1. The summed E-state index contributed by atoms with van der Waals surface area (Å²) < 4.78 is 11.5. The van der Waals surface area contributed by atoms with Crippen LogP contribution in [0, 0.1) is 0 Å². The number of hydrogen-bond donors (Lipinski definition) is 0. The van der Waals surface area contributed by atoms with Crippen LogP contribution in [0.15, 0.2) is 23.3 Å². The molecule has 0 spiro atoms. The molecular weight excluding hydrogens is 224 g/mol. The molecule has 106 valence electrons. The van der Waals surface area contributed by atoms with Crippen LogP contribution >= 0.6 is 0 Å². The van der Waals surface area contributed by atoms with Crippen molar-refractivity contribution in [3.05, 3.63) is 23.3 Å². The largest absolute Gasteiger partial charge is 0.375 e. The Hall–Kier alpha value is -0.600. The van der Waals surface area contributed by atoms with Crippen LogP contribution in [0.4, 0.5) is 0 Å². The van der Waals surface area contributed by atoms with Gasteiger partial charge in [-0.25, -0.2) is 0 Å². The Morgan fingerprint density at radius 1 is 1.00 bits per heavy atom. The summed E-state index contributed by atoms with van der Waals surface area (Å²) in [6, 6.07) is 0. The highest BCUT2D eigenvalue weighted by Crippen LogP contribution is 2.06. The maximum Gasteiger partial charge on any atom is 0.0812 e. The lowest BCUT2D eigenvalue weighted by molar-refractivity contribution is -0.00358. The van der Waals surface area contributed by atoms with Crippen LogP contribution in [-0.2, 0) is 9.47 Å². The molecule has 0 aliphatic heterocycles. The highest BCUT2D eigenvalue weighted by atomic mass is 16.5. The maximum atomic E-state index is 5.84. The molecule has 0 aliphatic carbocycles. The average Bonchev–Trinajstić information content (AvgIpc) is 2.29. The molecule has 0 aromatic carbocycles. The summed E-state index contributed by atoms with van der Waals surface area (Å²) >= 11 is 0. The number of ether oxygens (including phenoxy) is 2. The Kier molecular flexibility index (Phi) is 11.1. The lowest BCUT2D eigenvalue weighted by Crippen LogP contribution is -2.20. The number of rotatable bonds is 10. The minimum atomic E-state index is 0.228. The van der Waals surface area contributed by atoms with E-state index in [4.69, 9.17) is 9.47 Å². The second-order valence-corrected chi connectivity index (χ2v) is 5.20. The highest BCUT2D eigenvalue weighted by Gasteiger charge is 2.07. The molecule has 0 saturated heterocycles.